The maximum atomic E-state index is 12.9. The van der Waals surface area contributed by atoms with Crippen LogP contribution in [0.4, 0.5) is 0 Å². The van der Waals surface area contributed by atoms with Crippen molar-refractivity contribution in [1.29, 1.82) is 0 Å². The van der Waals surface area contributed by atoms with Gasteiger partial charge in [-0.25, -0.2) is 9.59 Å². The van der Waals surface area contributed by atoms with Gasteiger partial charge in [0, 0.05) is 24.0 Å². The van der Waals surface area contributed by atoms with Crippen LogP contribution in [-0.4, -0.2) is 70.7 Å². The number of hydrogen-bond donors (Lipinski definition) is 0. The van der Waals surface area contributed by atoms with E-state index in [0.717, 1.165) is 6.26 Å². The Bertz CT molecular complexity index is 1480. The first-order chi connectivity index (χ1) is 20.0. The normalized spacial score (nSPS) is 14.4. The van der Waals surface area contributed by atoms with Crippen LogP contribution in [0, 0.1) is 0 Å². The van der Waals surface area contributed by atoms with Gasteiger partial charge in [0.15, 0.2) is 11.6 Å². The second kappa shape index (κ2) is 13.1. The molecule has 2 aromatic rings. The van der Waals surface area contributed by atoms with Crippen molar-refractivity contribution in [1.82, 2.24) is 0 Å². The predicted molar refractivity (Wildman–Crippen MR) is 149 cm³/mol. The maximum absolute atomic E-state index is 12.9. The highest BCUT2D eigenvalue weighted by Gasteiger charge is 2.29. The van der Waals surface area contributed by atoms with Gasteiger partial charge in [0.05, 0.1) is 30.6 Å². The van der Waals surface area contributed by atoms with Crippen LogP contribution < -0.4 is 9.47 Å². The lowest BCUT2D eigenvalue weighted by Gasteiger charge is -2.22. The van der Waals surface area contributed by atoms with E-state index in [1.54, 1.807) is 50.2 Å². The molecule has 0 N–H and O–H groups in total. The van der Waals surface area contributed by atoms with Gasteiger partial charge < -0.3 is 18.9 Å². The van der Waals surface area contributed by atoms with Gasteiger partial charge in [0.1, 0.15) is 30.8 Å². The van der Waals surface area contributed by atoms with Crippen molar-refractivity contribution in [3.05, 3.63) is 82.0 Å². The zero-order chi connectivity index (χ0) is 30.4. The van der Waals surface area contributed by atoms with E-state index < -0.39 is 39.7 Å². The summed E-state index contributed by atoms with van der Waals surface area (Å²) in [6.45, 7) is 3.06. The van der Waals surface area contributed by atoms with Gasteiger partial charge in [0.2, 0.25) is 0 Å². The molecule has 42 heavy (non-hydrogen) atoms. The van der Waals surface area contributed by atoms with Crippen molar-refractivity contribution >= 4 is 33.6 Å². The van der Waals surface area contributed by atoms with Crippen LogP contribution in [0.3, 0.4) is 0 Å². The van der Waals surface area contributed by atoms with Crippen LogP contribution in [0.25, 0.3) is 0 Å². The molecule has 2 aliphatic rings. The molecule has 12 heteroatoms. The molecule has 0 aromatic heterocycles. The molecular weight excluding hydrogens is 568 g/mol. The monoisotopic (exact) mass is 598 g/mol. The zero-order valence-electron chi connectivity index (χ0n) is 23.3. The summed E-state index contributed by atoms with van der Waals surface area (Å²) >= 11 is 0. The van der Waals surface area contributed by atoms with Crippen LogP contribution in [0.2, 0.25) is 0 Å². The molecule has 0 radical (unpaired) electrons. The number of fused-ring (bicyclic) bond motifs is 2. The molecule has 0 unspecified atom stereocenters. The number of ether oxygens (including phenoxy) is 4. The Hall–Kier alpha value is -4.29. The summed E-state index contributed by atoms with van der Waals surface area (Å²) in [5.74, 6) is -1.68. The van der Waals surface area contributed by atoms with E-state index in [-0.39, 0.29) is 73.0 Å². The summed E-state index contributed by atoms with van der Waals surface area (Å²) in [7, 11) is -3.95. The molecule has 0 aliphatic heterocycles. The fraction of sp³-hybridized carbons (Fsp3) is 0.333. The average Bonchev–Trinajstić information content (AvgIpc) is 2.93. The highest BCUT2D eigenvalue weighted by molar-refractivity contribution is 7.86. The van der Waals surface area contributed by atoms with Crippen LogP contribution >= 0.6 is 0 Å². The van der Waals surface area contributed by atoms with Crippen LogP contribution in [-0.2, 0) is 46.2 Å². The summed E-state index contributed by atoms with van der Waals surface area (Å²) in [4.78, 5) is 50.1. The Kier molecular flexibility index (Phi) is 9.59. The van der Waals surface area contributed by atoms with E-state index in [2.05, 4.69) is 0 Å². The second-order valence-electron chi connectivity index (χ2n) is 9.49. The number of benzene rings is 2. The van der Waals surface area contributed by atoms with Crippen molar-refractivity contribution in [2.75, 3.05) is 32.7 Å². The third-order valence-electron chi connectivity index (χ3n) is 6.33. The summed E-state index contributed by atoms with van der Waals surface area (Å²) < 4.78 is 50.9. The Balaban J connectivity index is 1.50. The molecule has 2 aromatic carbocycles. The molecule has 0 bridgehead atoms. The van der Waals surface area contributed by atoms with Crippen molar-refractivity contribution in [3.63, 3.8) is 0 Å². The molecule has 2 aliphatic carbocycles. The summed E-state index contributed by atoms with van der Waals surface area (Å²) in [6, 6.07) is 9.79. The fourth-order valence-corrected chi connectivity index (χ4v) is 5.25. The van der Waals surface area contributed by atoms with Crippen LogP contribution in [0.15, 0.2) is 59.7 Å². The van der Waals surface area contributed by atoms with Gasteiger partial charge in [-0.3, -0.25) is 13.8 Å². The minimum absolute atomic E-state index is 0.170. The maximum Gasteiger partial charge on any atom is 0.334 e. The van der Waals surface area contributed by atoms with Gasteiger partial charge >= 0.3 is 11.9 Å². The molecule has 0 fully saturated rings. The zero-order valence-corrected chi connectivity index (χ0v) is 24.2. The third kappa shape index (κ3) is 7.31. The Morgan fingerprint density at radius 3 is 1.57 bits per heavy atom. The van der Waals surface area contributed by atoms with Crippen LogP contribution in [0.1, 0.15) is 45.7 Å². The topological polar surface area (TPSA) is 149 Å². The summed E-state index contributed by atoms with van der Waals surface area (Å²) in [6.07, 6.45) is 2.48. The van der Waals surface area contributed by atoms with Crippen molar-refractivity contribution in [3.8, 4) is 11.5 Å². The quantitative estimate of drug-likeness (QED) is 0.262. The Morgan fingerprint density at radius 2 is 1.19 bits per heavy atom. The molecule has 222 valence electrons. The van der Waals surface area contributed by atoms with E-state index in [1.165, 1.54) is 12.2 Å². The molecule has 0 amide bonds. The lowest BCUT2D eigenvalue weighted by atomic mass is 9.90. The van der Waals surface area contributed by atoms with E-state index in [0.29, 0.717) is 11.1 Å². The van der Waals surface area contributed by atoms with Crippen molar-refractivity contribution in [2.45, 2.75) is 32.8 Å². The van der Waals surface area contributed by atoms with E-state index >= 15 is 0 Å². The average molecular weight is 599 g/mol. The first-order valence-electron chi connectivity index (χ1n) is 13.2. The number of ketones is 2. The number of rotatable bonds is 12. The first kappa shape index (κ1) is 30.7. The van der Waals surface area contributed by atoms with E-state index in [4.69, 9.17) is 23.1 Å². The second-order valence-corrected chi connectivity index (χ2v) is 11.1. The lowest BCUT2D eigenvalue weighted by Crippen LogP contribution is -2.31. The van der Waals surface area contributed by atoms with Gasteiger partial charge in [-0.05, 0) is 49.3 Å². The molecule has 0 saturated heterocycles. The number of hydrogen-bond acceptors (Lipinski definition) is 11. The molecule has 0 spiro atoms. The predicted octanol–water partition coefficient (Wildman–Crippen LogP) is 2.95. The largest absolute Gasteiger partial charge is 0.490 e. The highest BCUT2D eigenvalue weighted by Crippen LogP contribution is 2.32. The fourth-order valence-electron chi connectivity index (χ4n) is 4.65. The highest BCUT2D eigenvalue weighted by atomic mass is 32.2. The van der Waals surface area contributed by atoms with Crippen molar-refractivity contribution in [2.24, 2.45) is 0 Å². The van der Waals surface area contributed by atoms with Crippen molar-refractivity contribution < 1.29 is 50.7 Å². The molecule has 11 nitrogen and oxygen atoms in total. The van der Waals surface area contributed by atoms with E-state index in [9.17, 15) is 27.6 Å². The molecule has 4 rings (SSSR count). The molecule has 0 atom stereocenters. The number of allylic oxidation sites excluding steroid dienone is 2. The van der Waals surface area contributed by atoms with Crippen LogP contribution in [0.5, 0.6) is 11.5 Å². The third-order valence-corrected chi connectivity index (χ3v) is 6.95. The van der Waals surface area contributed by atoms with Gasteiger partial charge in [-0.1, -0.05) is 24.3 Å². The first-order valence-corrected chi connectivity index (χ1v) is 15.0. The summed E-state index contributed by atoms with van der Waals surface area (Å²) in [5, 5.41) is 0. The minimum atomic E-state index is -3.95. The van der Waals surface area contributed by atoms with Gasteiger partial charge in [-0.15, -0.1) is 0 Å². The SMILES string of the molecule is CCOC(=O)C1=CC(=O)c2c(cccc2OCC(COc2cccc3c2C(=O)C=C(C(=O)OCC)C3)OS(C)(=O)=O)C1. The number of carbonyl (C=O) groups is 4. The molecule has 0 heterocycles. The number of carbonyl (C=O) groups excluding carboxylic acids is 4. The lowest BCUT2D eigenvalue weighted by molar-refractivity contribution is -0.139. The van der Waals surface area contributed by atoms with Gasteiger partial charge in [-0.2, -0.15) is 8.42 Å². The van der Waals surface area contributed by atoms with E-state index in [1.807, 2.05) is 0 Å². The minimum Gasteiger partial charge on any atom is -0.490 e. The summed E-state index contributed by atoms with van der Waals surface area (Å²) in [5.41, 5.74) is 2.06. The Labute approximate surface area is 243 Å². The standard InChI is InChI=1S/C30H30O11S/c1-4-37-29(33)20-12-18-8-6-10-25(27(18)23(31)14-20)39-16-22(41-42(3,35)36)17-40-26-11-7-9-19-13-21(30(34)38-5-2)15-24(32)28(19)26/h6-11,14-15,22H,4-5,12-13,16-17H2,1-3H3. The molecular formula is C30H30O11S. The number of esters is 2. The van der Waals surface area contributed by atoms with Gasteiger partial charge in [0.25, 0.3) is 10.1 Å². The Morgan fingerprint density at radius 1 is 0.762 bits per heavy atom. The molecule has 0 saturated carbocycles. The smallest absolute Gasteiger partial charge is 0.334 e.